The molecule has 1 aromatic heterocycles. The van der Waals surface area contributed by atoms with E-state index in [0.29, 0.717) is 27.6 Å². The van der Waals surface area contributed by atoms with Crippen molar-refractivity contribution in [2.45, 2.75) is 17.3 Å². The van der Waals surface area contributed by atoms with Gasteiger partial charge in [0.2, 0.25) is 0 Å². The van der Waals surface area contributed by atoms with Crippen LogP contribution in [-0.4, -0.2) is 17.6 Å². The highest BCUT2D eigenvalue weighted by molar-refractivity contribution is 7.98. The summed E-state index contributed by atoms with van der Waals surface area (Å²) >= 11 is 2.85. The van der Waals surface area contributed by atoms with Gasteiger partial charge < -0.3 is 14.8 Å². The number of carbonyl (C=O) groups excluding carboxylic acids is 1. The number of ether oxygens (including phenoxy) is 2. The predicted octanol–water partition coefficient (Wildman–Crippen LogP) is 5.07. The summed E-state index contributed by atoms with van der Waals surface area (Å²) in [6.45, 7) is 0.401. The lowest BCUT2D eigenvalue weighted by Crippen LogP contribution is -2.13. The Balaban J connectivity index is 1.56. The van der Waals surface area contributed by atoms with E-state index in [9.17, 15) is 14.9 Å². The van der Waals surface area contributed by atoms with Gasteiger partial charge in [0.15, 0.2) is 6.79 Å². The van der Waals surface area contributed by atoms with Crippen molar-refractivity contribution in [3.05, 3.63) is 80.0 Å². The number of nitrogens with zero attached hydrogens (tertiary/aromatic N) is 1. The molecule has 0 aliphatic carbocycles. The molecule has 0 saturated heterocycles. The zero-order valence-electron chi connectivity index (χ0n) is 15.1. The molecule has 1 aliphatic rings. The van der Waals surface area contributed by atoms with Gasteiger partial charge in [-0.05, 0) is 23.6 Å². The third-order valence-corrected chi connectivity index (χ3v) is 6.24. The van der Waals surface area contributed by atoms with Crippen LogP contribution in [0.2, 0.25) is 0 Å². The molecule has 1 amide bonds. The van der Waals surface area contributed by atoms with E-state index in [0.717, 1.165) is 10.5 Å². The number of anilines is 1. The van der Waals surface area contributed by atoms with Crippen LogP contribution < -0.4 is 10.1 Å². The molecule has 2 heterocycles. The lowest BCUT2D eigenvalue weighted by atomic mass is 10.1. The molecule has 0 unspecified atom stereocenters. The van der Waals surface area contributed by atoms with Gasteiger partial charge in [-0.15, -0.1) is 23.1 Å². The lowest BCUT2D eigenvalue weighted by molar-refractivity contribution is -0.385. The van der Waals surface area contributed by atoms with Gasteiger partial charge in [0, 0.05) is 33.9 Å². The monoisotopic (exact) mass is 428 g/mol. The highest BCUT2D eigenvalue weighted by Crippen LogP contribution is 2.38. The summed E-state index contributed by atoms with van der Waals surface area (Å²) in [5.41, 5.74) is 2.09. The van der Waals surface area contributed by atoms with Gasteiger partial charge in [-0.2, -0.15) is 0 Å². The first-order chi connectivity index (χ1) is 14.1. The Labute approximate surface area is 174 Å². The number of amides is 1. The molecular formula is C20H16N2O5S2. The minimum Gasteiger partial charge on any atom is -0.467 e. The molecular weight excluding hydrogens is 412 g/mol. The fourth-order valence-electron chi connectivity index (χ4n) is 2.94. The van der Waals surface area contributed by atoms with E-state index >= 15 is 0 Å². The number of thioether (sulfide) groups is 1. The van der Waals surface area contributed by atoms with Crippen LogP contribution in [0.25, 0.3) is 0 Å². The second-order valence-corrected chi connectivity index (χ2v) is 8.14. The Morgan fingerprint density at radius 2 is 2.10 bits per heavy atom. The summed E-state index contributed by atoms with van der Waals surface area (Å²) < 4.78 is 10.8. The van der Waals surface area contributed by atoms with Gasteiger partial charge in [-0.1, -0.05) is 18.2 Å². The van der Waals surface area contributed by atoms with E-state index in [-0.39, 0.29) is 25.0 Å². The number of benzene rings is 2. The van der Waals surface area contributed by atoms with Crippen molar-refractivity contribution in [3.63, 3.8) is 0 Å². The number of fused-ring (bicyclic) bond motifs is 1. The largest absolute Gasteiger partial charge is 0.467 e. The van der Waals surface area contributed by atoms with Crippen molar-refractivity contribution in [2.75, 3.05) is 12.1 Å². The first kappa shape index (κ1) is 19.4. The summed E-state index contributed by atoms with van der Waals surface area (Å²) in [7, 11) is 0. The number of para-hydroxylation sites is 1. The Morgan fingerprint density at radius 3 is 2.90 bits per heavy atom. The summed E-state index contributed by atoms with van der Waals surface area (Å²) in [5, 5.41) is 16.1. The Hall–Kier alpha value is -2.88. The van der Waals surface area contributed by atoms with Gasteiger partial charge >= 0.3 is 0 Å². The fourth-order valence-corrected chi connectivity index (χ4v) is 4.53. The number of rotatable bonds is 6. The van der Waals surface area contributed by atoms with Crippen LogP contribution in [0.3, 0.4) is 0 Å². The molecule has 0 radical (unpaired) electrons. The Morgan fingerprint density at radius 1 is 1.24 bits per heavy atom. The average Bonchev–Trinajstić information content (AvgIpc) is 3.28. The molecule has 0 bridgehead atoms. The second-order valence-electron chi connectivity index (χ2n) is 6.18. The van der Waals surface area contributed by atoms with E-state index < -0.39 is 4.92 Å². The van der Waals surface area contributed by atoms with Crippen molar-refractivity contribution < 1.29 is 19.2 Å². The number of carbonyl (C=O) groups is 1. The molecule has 0 atom stereocenters. The number of nitro groups is 1. The van der Waals surface area contributed by atoms with Gasteiger partial charge in [0.1, 0.15) is 5.75 Å². The quantitative estimate of drug-likeness (QED) is 0.335. The summed E-state index contributed by atoms with van der Waals surface area (Å²) in [5.74, 6) is 0.923. The van der Waals surface area contributed by atoms with E-state index in [4.69, 9.17) is 9.47 Å². The van der Waals surface area contributed by atoms with Crippen LogP contribution in [0.15, 0.2) is 58.8 Å². The summed E-state index contributed by atoms with van der Waals surface area (Å²) in [4.78, 5) is 24.7. The minimum absolute atomic E-state index is 0.00716. The number of hydrogen-bond acceptors (Lipinski definition) is 7. The van der Waals surface area contributed by atoms with E-state index in [1.807, 2.05) is 35.7 Å². The SMILES string of the molecule is O=C(Nc1ccccc1SCc1cc([N+](=O)[O-])cc2c1OCOC2)c1cccs1. The van der Waals surface area contributed by atoms with Gasteiger partial charge in [-0.3, -0.25) is 14.9 Å². The zero-order valence-corrected chi connectivity index (χ0v) is 16.8. The number of nitrogens with one attached hydrogen (secondary N) is 1. The van der Waals surface area contributed by atoms with Crippen molar-refractivity contribution in [1.29, 1.82) is 0 Å². The first-order valence-electron chi connectivity index (χ1n) is 8.69. The lowest BCUT2D eigenvalue weighted by Gasteiger charge is -2.20. The molecule has 3 aromatic rings. The normalized spacial score (nSPS) is 12.7. The van der Waals surface area contributed by atoms with Gasteiger partial charge in [0.05, 0.1) is 22.1 Å². The molecule has 0 fully saturated rings. The maximum absolute atomic E-state index is 12.4. The minimum atomic E-state index is -0.418. The number of nitro benzene ring substituents is 1. The van der Waals surface area contributed by atoms with Crippen molar-refractivity contribution in [1.82, 2.24) is 0 Å². The van der Waals surface area contributed by atoms with Crippen molar-refractivity contribution in [2.24, 2.45) is 0 Å². The van der Waals surface area contributed by atoms with Crippen molar-refractivity contribution >= 4 is 40.4 Å². The van der Waals surface area contributed by atoms with Crippen LogP contribution >= 0.6 is 23.1 Å². The maximum atomic E-state index is 12.4. The van der Waals surface area contributed by atoms with Crippen molar-refractivity contribution in [3.8, 4) is 5.75 Å². The third-order valence-electron chi connectivity index (χ3n) is 4.25. The van der Waals surface area contributed by atoms with Crippen LogP contribution in [0.4, 0.5) is 11.4 Å². The predicted molar refractivity (Wildman–Crippen MR) is 112 cm³/mol. The summed E-state index contributed by atoms with van der Waals surface area (Å²) in [6.07, 6.45) is 0. The Bertz CT molecular complexity index is 1050. The van der Waals surface area contributed by atoms with Crippen LogP contribution in [0.1, 0.15) is 20.8 Å². The molecule has 9 heteroatoms. The van der Waals surface area contributed by atoms with Gasteiger partial charge in [-0.25, -0.2) is 0 Å². The number of thiophene rings is 1. The molecule has 7 nitrogen and oxygen atoms in total. The smallest absolute Gasteiger partial charge is 0.270 e. The summed E-state index contributed by atoms with van der Waals surface area (Å²) in [6, 6.07) is 14.1. The third kappa shape index (κ3) is 4.42. The topological polar surface area (TPSA) is 90.7 Å². The fraction of sp³-hybridized carbons (Fsp3) is 0.150. The molecule has 0 saturated carbocycles. The van der Waals surface area contributed by atoms with Crippen LogP contribution in [0, 0.1) is 10.1 Å². The second kappa shape index (κ2) is 8.64. The molecule has 1 N–H and O–H groups in total. The highest BCUT2D eigenvalue weighted by Gasteiger charge is 2.21. The molecule has 0 spiro atoms. The standard InChI is InChI=1S/C20H16N2O5S2/c23-20(18-6-3-7-28-18)21-16-4-1-2-5-17(16)29-11-14-9-15(22(24)25)8-13-10-26-12-27-19(13)14/h1-9H,10-12H2,(H,21,23). The average molecular weight is 428 g/mol. The van der Waals surface area contributed by atoms with Crippen LogP contribution in [0.5, 0.6) is 5.75 Å². The first-order valence-corrected chi connectivity index (χ1v) is 10.6. The zero-order chi connectivity index (χ0) is 20.2. The Kier molecular flexibility index (Phi) is 5.79. The molecule has 4 rings (SSSR count). The van der Waals surface area contributed by atoms with E-state index in [2.05, 4.69) is 5.32 Å². The van der Waals surface area contributed by atoms with Gasteiger partial charge in [0.25, 0.3) is 11.6 Å². The van der Waals surface area contributed by atoms with E-state index in [1.54, 1.807) is 6.07 Å². The number of hydrogen-bond donors (Lipinski definition) is 1. The molecule has 1 aliphatic heterocycles. The highest BCUT2D eigenvalue weighted by atomic mass is 32.2. The number of non-ortho nitro benzene ring substituents is 1. The van der Waals surface area contributed by atoms with E-state index in [1.165, 1.54) is 35.2 Å². The van der Waals surface area contributed by atoms with Crippen LogP contribution in [-0.2, 0) is 17.1 Å². The molecule has 29 heavy (non-hydrogen) atoms. The molecule has 2 aromatic carbocycles. The molecule has 148 valence electrons. The maximum Gasteiger partial charge on any atom is 0.270 e.